The van der Waals surface area contributed by atoms with E-state index in [1.807, 2.05) is 13.0 Å². The van der Waals surface area contributed by atoms with Gasteiger partial charge in [-0.05, 0) is 43.5 Å². The summed E-state index contributed by atoms with van der Waals surface area (Å²) in [5, 5.41) is 0. The van der Waals surface area contributed by atoms with Crippen molar-refractivity contribution in [2.24, 2.45) is 0 Å². The lowest BCUT2D eigenvalue weighted by Crippen LogP contribution is -2.47. The molecule has 0 bridgehead atoms. The number of aldehydes is 1. The first kappa shape index (κ1) is 11.7. The summed E-state index contributed by atoms with van der Waals surface area (Å²) in [4.78, 5) is 15.9. The van der Waals surface area contributed by atoms with Gasteiger partial charge < -0.3 is 4.90 Å². The number of benzene rings is 1. The third-order valence-corrected chi connectivity index (χ3v) is 4.12. The lowest BCUT2D eigenvalue weighted by atomic mass is 10.1. The summed E-state index contributed by atoms with van der Waals surface area (Å²) in [6.45, 7) is 6.58. The maximum absolute atomic E-state index is 10.8. The topological polar surface area (TPSA) is 23.6 Å². The fourth-order valence-corrected chi connectivity index (χ4v) is 2.77. The number of hydrogen-bond donors (Lipinski definition) is 0. The van der Waals surface area contributed by atoms with Crippen LogP contribution in [0.1, 0.15) is 28.8 Å². The molecule has 1 aliphatic carbocycles. The minimum Gasteiger partial charge on any atom is -0.369 e. The van der Waals surface area contributed by atoms with Gasteiger partial charge in [0.15, 0.2) is 0 Å². The summed E-state index contributed by atoms with van der Waals surface area (Å²) in [5.74, 6) is 0. The fourth-order valence-electron chi connectivity index (χ4n) is 2.77. The monoisotopic (exact) mass is 244 g/mol. The molecule has 0 aromatic heterocycles. The van der Waals surface area contributed by atoms with Gasteiger partial charge >= 0.3 is 0 Å². The van der Waals surface area contributed by atoms with E-state index >= 15 is 0 Å². The van der Waals surface area contributed by atoms with E-state index in [1.165, 1.54) is 31.6 Å². The number of anilines is 1. The first-order chi connectivity index (χ1) is 8.78. The molecular weight excluding hydrogens is 224 g/mol. The molecule has 1 aromatic carbocycles. The van der Waals surface area contributed by atoms with Gasteiger partial charge in [-0.1, -0.05) is 0 Å². The molecular formula is C15H20N2O. The van der Waals surface area contributed by atoms with Crippen LogP contribution in [0.4, 0.5) is 5.69 Å². The number of nitrogens with zero attached hydrogens (tertiary/aromatic N) is 2. The zero-order valence-electron chi connectivity index (χ0n) is 10.9. The number of carbonyl (C=O) groups excluding carboxylic acids is 1. The Kier molecular flexibility index (Phi) is 3.08. The van der Waals surface area contributed by atoms with E-state index in [0.717, 1.165) is 36.5 Å². The van der Waals surface area contributed by atoms with E-state index in [9.17, 15) is 4.79 Å². The molecule has 18 heavy (non-hydrogen) atoms. The Labute approximate surface area is 108 Å². The van der Waals surface area contributed by atoms with Gasteiger partial charge in [0, 0.05) is 43.5 Å². The molecule has 1 saturated heterocycles. The molecule has 0 N–H and O–H groups in total. The van der Waals surface area contributed by atoms with Crippen LogP contribution in [0.25, 0.3) is 0 Å². The van der Waals surface area contributed by atoms with Crippen molar-refractivity contribution in [1.82, 2.24) is 4.90 Å². The van der Waals surface area contributed by atoms with Crippen molar-refractivity contribution in [2.75, 3.05) is 31.1 Å². The average molecular weight is 244 g/mol. The molecule has 0 amide bonds. The van der Waals surface area contributed by atoms with E-state index in [1.54, 1.807) is 0 Å². The summed E-state index contributed by atoms with van der Waals surface area (Å²) in [6.07, 6.45) is 3.73. The summed E-state index contributed by atoms with van der Waals surface area (Å²) in [6, 6.07) is 7.02. The van der Waals surface area contributed by atoms with E-state index in [-0.39, 0.29) is 0 Å². The average Bonchev–Trinajstić information content (AvgIpc) is 3.23. The van der Waals surface area contributed by atoms with Gasteiger partial charge in [0.1, 0.15) is 6.29 Å². The molecule has 3 heteroatoms. The molecule has 0 radical (unpaired) electrons. The van der Waals surface area contributed by atoms with Crippen LogP contribution >= 0.6 is 0 Å². The summed E-state index contributed by atoms with van der Waals surface area (Å²) >= 11 is 0. The van der Waals surface area contributed by atoms with Gasteiger partial charge in [0.2, 0.25) is 0 Å². The van der Waals surface area contributed by atoms with Crippen LogP contribution in [0.2, 0.25) is 0 Å². The predicted octanol–water partition coefficient (Wildman–Crippen LogP) is 2.09. The van der Waals surface area contributed by atoms with Crippen molar-refractivity contribution in [3.63, 3.8) is 0 Å². The highest BCUT2D eigenvalue weighted by molar-refractivity contribution is 5.78. The molecule has 1 aromatic rings. The van der Waals surface area contributed by atoms with E-state index in [0.29, 0.717) is 0 Å². The molecule has 96 valence electrons. The number of hydrogen-bond acceptors (Lipinski definition) is 3. The van der Waals surface area contributed by atoms with Crippen LogP contribution in [0.3, 0.4) is 0 Å². The lowest BCUT2D eigenvalue weighted by molar-refractivity contribution is 0.112. The Bertz CT molecular complexity index is 446. The quantitative estimate of drug-likeness (QED) is 0.761. The fraction of sp³-hybridized carbons (Fsp3) is 0.533. The molecule has 0 atom stereocenters. The standard InChI is InChI=1S/C15H20N2O/c1-12-10-15(3-2-13(12)11-18)17-8-6-16(7-9-17)14-4-5-14/h2-3,10-11,14H,4-9H2,1H3. The lowest BCUT2D eigenvalue weighted by Gasteiger charge is -2.36. The van der Waals surface area contributed by atoms with Crippen LogP contribution in [-0.4, -0.2) is 43.4 Å². The maximum Gasteiger partial charge on any atom is 0.150 e. The second-order valence-electron chi connectivity index (χ2n) is 5.41. The largest absolute Gasteiger partial charge is 0.369 e. The molecule has 1 aliphatic heterocycles. The number of aryl methyl sites for hydroxylation is 1. The van der Waals surface area contributed by atoms with Crippen LogP contribution in [0.15, 0.2) is 18.2 Å². The van der Waals surface area contributed by atoms with Crippen molar-refractivity contribution in [3.8, 4) is 0 Å². The first-order valence-corrected chi connectivity index (χ1v) is 6.83. The van der Waals surface area contributed by atoms with Gasteiger partial charge in [0.05, 0.1) is 0 Å². The zero-order valence-corrected chi connectivity index (χ0v) is 10.9. The van der Waals surface area contributed by atoms with E-state index < -0.39 is 0 Å². The SMILES string of the molecule is Cc1cc(N2CCN(C3CC3)CC2)ccc1C=O. The van der Waals surface area contributed by atoms with Gasteiger partial charge in [-0.3, -0.25) is 9.69 Å². The predicted molar refractivity (Wildman–Crippen MR) is 73.4 cm³/mol. The Morgan fingerprint density at radius 3 is 2.44 bits per heavy atom. The number of piperazine rings is 1. The Balaban J connectivity index is 1.68. The highest BCUT2D eigenvalue weighted by Crippen LogP contribution is 2.28. The highest BCUT2D eigenvalue weighted by atomic mass is 16.1. The second-order valence-corrected chi connectivity index (χ2v) is 5.41. The number of carbonyl (C=O) groups is 1. The summed E-state index contributed by atoms with van der Waals surface area (Å²) in [7, 11) is 0. The van der Waals surface area contributed by atoms with Crippen molar-refractivity contribution in [2.45, 2.75) is 25.8 Å². The van der Waals surface area contributed by atoms with E-state index in [4.69, 9.17) is 0 Å². The van der Waals surface area contributed by atoms with Crippen LogP contribution in [0, 0.1) is 6.92 Å². The minimum absolute atomic E-state index is 0.801. The molecule has 0 unspecified atom stereocenters. The molecule has 3 rings (SSSR count). The summed E-state index contributed by atoms with van der Waals surface area (Å²) < 4.78 is 0. The molecule has 1 saturated carbocycles. The van der Waals surface area contributed by atoms with Crippen LogP contribution in [0.5, 0.6) is 0 Å². The van der Waals surface area contributed by atoms with Gasteiger partial charge in [-0.2, -0.15) is 0 Å². The van der Waals surface area contributed by atoms with Crippen molar-refractivity contribution in [1.29, 1.82) is 0 Å². The smallest absolute Gasteiger partial charge is 0.150 e. The highest BCUT2D eigenvalue weighted by Gasteiger charge is 2.31. The molecule has 3 nitrogen and oxygen atoms in total. The molecule has 1 heterocycles. The van der Waals surface area contributed by atoms with Crippen molar-refractivity contribution >= 4 is 12.0 Å². The van der Waals surface area contributed by atoms with E-state index in [2.05, 4.69) is 21.9 Å². The third-order valence-electron chi connectivity index (χ3n) is 4.12. The second kappa shape index (κ2) is 4.73. The summed E-state index contributed by atoms with van der Waals surface area (Å²) in [5.41, 5.74) is 3.14. The molecule has 2 fully saturated rings. The van der Waals surface area contributed by atoms with Crippen LogP contribution < -0.4 is 4.90 Å². The normalized spacial score (nSPS) is 21.1. The van der Waals surface area contributed by atoms with Crippen molar-refractivity contribution in [3.05, 3.63) is 29.3 Å². The maximum atomic E-state index is 10.8. The third kappa shape index (κ3) is 2.27. The zero-order chi connectivity index (χ0) is 12.5. The number of rotatable bonds is 3. The van der Waals surface area contributed by atoms with Gasteiger partial charge in [-0.25, -0.2) is 0 Å². The first-order valence-electron chi connectivity index (χ1n) is 6.83. The van der Waals surface area contributed by atoms with Gasteiger partial charge in [0.25, 0.3) is 0 Å². The molecule has 2 aliphatic rings. The molecule has 0 spiro atoms. The van der Waals surface area contributed by atoms with Crippen molar-refractivity contribution < 1.29 is 4.79 Å². The Morgan fingerprint density at radius 1 is 1.17 bits per heavy atom. The minimum atomic E-state index is 0.801. The Hall–Kier alpha value is -1.35. The van der Waals surface area contributed by atoms with Gasteiger partial charge in [-0.15, -0.1) is 0 Å². The Morgan fingerprint density at radius 2 is 1.89 bits per heavy atom. The van der Waals surface area contributed by atoms with Crippen LogP contribution in [-0.2, 0) is 0 Å².